The molecule has 3 N–H and O–H groups in total. The van der Waals surface area contributed by atoms with Crippen LogP contribution in [0.4, 0.5) is 11.4 Å². The number of aliphatic imine (C=N–C) groups is 1. The number of anilines is 1. The highest BCUT2D eigenvalue weighted by Gasteiger charge is 2.35. The van der Waals surface area contributed by atoms with Crippen LogP contribution in [0.25, 0.3) is 10.9 Å². The second kappa shape index (κ2) is 10.2. The first kappa shape index (κ1) is 24.7. The van der Waals surface area contributed by atoms with Crippen LogP contribution in [0.2, 0.25) is 0 Å². The van der Waals surface area contributed by atoms with Crippen molar-refractivity contribution in [2.75, 3.05) is 31.0 Å². The van der Waals surface area contributed by atoms with E-state index in [2.05, 4.69) is 26.7 Å². The third kappa shape index (κ3) is 5.31. The standard InChI is InChI=1S/C29H30N4O4S/c34-29-27(25-18-23(10-13-26(25)31-29)32-38(35,36)24-11-12-24)28(21-4-2-1-3-5-21)30-22-8-6-20(7-9-22)19-33-14-16-37-17-15-33/h1-10,13,18,24,31-32,34H,11-12,14-17,19H2. The number of aromatic nitrogens is 1. The number of rotatable bonds is 8. The molecule has 0 radical (unpaired) electrons. The summed E-state index contributed by atoms with van der Waals surface area (Å²) in [4.78, 5) is 10.4. The quantitative estimate of drug-likeness (QED) is 0.284. The number of nitrogens with one attached hydrogen (secondary N) is 2. The Labute approximate surface area is 222 Å². The van der Waals surface area contributed by atoms with Gasteiger partial charge in [-0.25, -0.2) is 13.4 Å². The highest BCUT2D eigenvalue weighted by Crippen LogP contribution is 2.35. The van der Waals surface area contributed by atoms with Crippen molar-refractivity contribution in [2.45, 2.75) is 24.6 Å². The molecule has 4 aromatic rings. The fraction of sp³-hybridized carbons (Fsp3) is 0.276. The molecule has 0 atom stereocenters. The first-order valence-electron chi connectivity index (χ1n) is 12.9. The molecule has 9 heteroatoms. The molecule has 0 amide bonds. The summed E-state index contributed by atoms with van der Waals surface area (Å²) in [7, 11) is -3.41. The lowest BCUT2D eigenvalue weighted by Crippen LogP contribution is -2.35. The lowest BCUT2D eigenvalue weighted by molar-refractivity contribution is 0.0342. The van der Waals surface area contributed by atoms with Crippen LogP contribution in [0.15, 0.2) is 77.8 Å². The Morgan fingerprint density at radius 1 is 1.03 bits per heavy atom. The molecule has 38 heavy (non-hydrogen) atoms. The number of fused-ring (bicyclic) bond motifs is 1. The van der Waals surface area contributed by atoms with Gasteiger partial charge in [0.2, 0.25) is 10.0 Å². The van der Waals surface area contributed by atoms with E-state index in [0.717, 1.165) is 44.1 Å². The summed E-state index contributed by atoms with van der Waals surface area (Å²) in [6.07, 6.45) is 1.37. The van der Waals surface area contributed by atoms with Crippen LogP contribution >= 0.6 is 0 Å². The van der Waals surface area contributed by atoms with E-state index in [0.29, 0.717) is 40.7 Å². The lowest BCUT2D eigenvalue weighted by atomic mass is 10.0. The van der Waals surface area contributed by atoms with Crippen molar-refractivity contribution in [1.29, 1.82) is 0 Å². The Kier molecular flexibility index (Phi) is 6.65. The zero-order valence-electron chi connectivity index (χ0n) is 20.9. The third-order valence-electron chi connectivity index (χ3n) is 6.97. The minimum Gasteiger partial charge on any atom is -0.494 e. The maximum atomic E-state index is 12.5. The predicted octanol–water partition coefficient (Wildman–Crippen LogP) is 4.78. The molecule has 1 saturated carbocycles. The number of sulfonamides is 1. The average Bonchev–Trinajstić information content (AvgIpc) is 3.74. The molecule has 0 spiro atoms. The van der Waals surface area contributed by atoms with Crippen LogP contribution in [0.5, 0.6) is 5.88 Å². The van der Waals surface area contributed by atoms with Crippen molar-refractivity contribution in [3.8, 4) is 5.88 Å². The molecule has 1 saturated heterocycles. The molecular weight excluding hydrogens is 500 g/mol. The highest BCUT2D eigenvalue weighted by atomic mass is 32.2. The summed E-state index contributed by atoms with van der Waals surface area (Å²) in [6.45, 7) is 4.25. The number of aromatic amines is 1. The molecule has 2 fully saturated rings. The Morgan fingerprint density at radius 3 is 2.47 bits per heavy atom. The predicted molar refractivity (Wildman–Crippen MR) is 150 cm³/mol. The summed E-state index contributed by atoms with van der Waals surface area (Å²) in [5.41, 5.74) is 5.07. The number of nitrogens with zero attached hydrogens (tertiary/aromatic N) is 2. The zero-order valence-corrected chi connectivity index (χ0v) is 21.7. The van der Waals surface area contributed by atoms with Crippen LogP contribution in [0.1, 0.15) is 29.5 Å². The number of hydrogen-bond acceptors (Lipinski definition) is 6. The van der Waals surface area contributed by atoms with Crippen LogP contribution in [0.3, 0.4) is 0 Å². The van der Waals surface area contributed by atoms with Crippen LogP contribution < -0.4 is 4.72 Å². The number of aromatic hydroxyl groups is 1. The molecule has 1 aromatic heterocycles. The van der Waals surface area contributed by atoms with Crippen molar-refractivity contribution in [3.05, 3.63) is 89.5 Å². The number of ether oxygens (including phenoxy) is 1. The number of benzene rings is 3. The maximum absolute atomic E-state index is 12.5. The lowest BCUT2D eigenvalue weighted by Gasteiger charge is -2.26. The second-order valence-corrected chi connectivity index (χ2v) is 11.8. The first-order valence-corrected chi connectivity index (χ1v) is 14.4. The normalized spacial score (nSPS) is 17.1. The van der Waals surface area contributed by atoms with Gasteiger partial charge in [-0.2, -0.15) is 0 Å². The van der Waals surface area contributed by atoms with Gasteiger partial charge in [-0.1, -0.05) is 42.5 Å². The minimum absolute atomic E-state index is 0.0197. The summed E-state index contributed by atoms with van der Waals surface area (Å²) >= 11 is 0. The van der Waals surface area contributed by atoms with Gasteiger partial charge in [0.1, 0.15) is 0 Å². The molecule has 2 aliphatic rings. The number of H-pyrrole nitrogens is 1. The molecule has 1 aliphatic heterocycles. The summed E-state index contributed by atoms with van der Waals surface area (Å²) in [5.74, 6) is -0.0197. The molecule has 2 heterocycles. The van der Waals surface area contributed by atoms with Gasteiger partial charge in [0, 0.05) is 41.8 Å². The van der Waals surface area contributed by atoms with Gasteiger partial charge in [0.15, 0.2) is 5.88 Å². The molecule has 0 bridgehead atoms. The van der Waals surface area contributed by atoms with Crippen molar-refractivity contribution < 1.29 is 18.3 Å². The zero-order chi connectivity index (χ0) is 26.1. The van der Waals surface area contributed by atoms with Crippen molar-refractivity contribution >= 4 is 38.0 Å². The largest absolute Gasteiger partial charge is 0.494 e. The van der Waals surface area contributed by atoms with Crippen LogP contribution in [-0.2, 0) is 21.3 Å². The molecule has 1 aliphatic carbocycles. The summed E-state index contributed by atoms with van der Waals surface area (Å²) < 4.78 is 33.2. The van der Waals surface area contributed by atoms with Gasteiger partial charge >= 0.3 is 0 Å². The van der Waals surface area contributed by atoms with E-state index in [4.69, 9.17) is 9.73 Å². The molecule has 8 nitrogen and oxygen atoms in total. The molecule has 3 aromatic carbocycles. The second-order valence-electron chi connectivity index (χ2n) is 9.84. The van der Waals surface area contributed by atoms with E-state index in [1.165, 1.54) is 5.56 Å². The van der Waals surface area contributed by atoms with Crippen LogP contribution in [0, 0.1) is 0 Å². The van der Waals surface area contributed by atoms with E-state index in [1.54, 1.807) is 18.2 Å². The van der Waals surface area contributed by atoms with Gasteiger partial charge in [-0.15, -0.1) is 0 Å². The Bertz CT molecular complexity index is 1570. The highest BCUT2D eigenvalue weighted by molar-refractivity contribution is 7.93. The molecule has 0 unspecified atom stereocenters. The van der Waals surface area contributed by atoms with Crippen LogP contribution in [-0.4, -0.2) is 60.7 Å². The van der Waals surface area contributed by atoms with E-state index >= 15 is 0 Å². The number of hydrogen-bond donors (Lipinski definition) is 3. The average molecular weight is 531 g/mol. The Morgan fingerprint density at radius 2 is 1.76 bits per heavy atom. The van der Waals surface area contributed by atoms with E-state index < -0.39 is 10.0 Å². The first-order chi connectivity index (χ1) is 18.5. The number of morpholine rings is 1. The van der Waals surface area contributed by atoms with E-state index in [1.807, 2.05) is 42.5 Å². The minimum atomic E-state index is -3.41. The molecule has 6 rings (SSSR count). The SMILES string of the molecule is O=S(=O)(Nc1ccc2[nH]c(O)c(C(=Nc3ccc(CN4CCOCC4)cc3)c3ccccc3)c2c1)C1CC1. The van der Waals surface area contributed by atoms with Gasteiger partial charge in [0.05, 0.1) is 35.4 Å². The topological polar surface area (TPSA) is 107 Å². The van der Waals surface area contributed by atoms with Gasteiger partial charge in [-0.3, -0.25) is 9.62 Å². The van der Waals surface area contributed by atoms with E-state index in [9.17, 15) is 13.5 Å². The fourth-order valence-electron chi connectivity index (χ4n) is 4.79. The smallest absolute Gasteiger partial charge is 0.235 e. The Balaban J connectivity index is 1.38. The fourth-order valence-corrected chi connectivity index (χ4v) is 6.17. The molecule has 196 valence electrons. The Hall–Kier alpha value is -3.66. The van der Waals surface area contributed by atoms with Crippen molar-refractivity contribution in [3.63, 3.8) is 0 Å². The molecular formula is C29H30N4O4S. The van der Waals surface area contributed by atoms with Gasteiger partial charge in [-0.05, 0) is 48.7 Å². The van der Waals surface area contributed by atoms with Gasteiger partial charge in [0.25, 0.3) is 0 Å². The summed E-state index contributed by atoms with van der Waals surface area (Å²) in [5, 5.41) is 11.4. The van der Waals surface area contributed by atoms with Crippen molar-refractivity contribution in [1.82, 2.24) is 9.88 Å². The van der Waals surface area contributed by atoms with Crippen molar-refractivity contribution in [2.24, 2.45) is 4.99 Å². The summed E-state index contributed by atoms with van der Waals surface area (Å²) in [6, 6.07) is 23.0. The van der Waals surface area contributed by atoms with E-state index in [-0.39, 0.29) is 11.1 Å². The van der Waals surface area contributed by atoms with Gasteiger partial charge < -0.3 is 14.8 Å². The monoisotopic (exact) mass is 530 g/mol. The third-order valence-corrected chi connectivity index (χ3v) is 8.84. The maximum Gasteiger partial charge on any atom is 0.235 e.